The van der Waals surface area contributed by atoms with Crippen LogP contribution in [0.5, 0.6) is 0 Å². The fourth-order valence-corrected chi connectivity index (χ4v) is 7.21. The van der Waals surface area contributed by atoms with Crippen LogP contribution < -0.4 is 0 Å². The van der Waals surface area contributed by atoms with Crippen molar-refractivity contribution in [3.8, 4) is 0 Å². The average Bonchev–Trinajstić information content (AvgIpc) is 3.01. The normalized spacial score (nSPS) is 12.3. The summed E-state index contributed by atoms with van der Waals surface area (Å²) in [5.74, 6) is 0. The quantitative estimate of drug-likeness (QED) is 0.136. The van der Waals surface area contributed by atoms with Gasteiger partial charge in [-0.1, -0.05) is 60.7 Å². The monoisotopic (exact) mass is 528 g/mol. The summed E-state index contributed by atoms with van der Waals surface area (Å²) in [4.78, 5) is 0. The second-order valence-corrected chi connectivity index (χ2v) is 11.9. The molecule has 0 atom stereocenters. The molecule has 0 aliphatic rings. The molecule has 10 rings (SSSR count). The molecule has 0 unspecified atom stereocenters. The van der Waals surface area contributed by atoms with Crippen molar-refractivity contribution in [2.75, 3.05) is 0 Å². The van der Waals surface area contributed by atoms with Gasteiger partial charge in [0.2, 0.25) is 0 Å². The molecule has 10 aromatic carbocycles. The first-order valence-electron chi connectivity index (χ1n) is 14.6. The summed E-state index contributed by atoms with van der Waals surface area (Å²) in [6.45, 7) is 0. The maximum absolute atomic E-state index is 2.37. The number of fused-ring (bicyclic) bond motifs is 10. The third-order valence-corrected chi connectivity index (χ3v) is 9.34. The largest absolute Gasteiger partial charge is 0.0616 e. The van der Waals surface area contributed by atoms with Gasteiger partial charge in [-0.15, -0.1) is 0 Å². The van der Waals surface area contributed by atoms with E-state index in [9.17, 15) is 0 Å². The van der Waals surface area contributed by atoms with Gasteiger partial charge in [0.25, 0.3) is 0 Å². The molecule has 0 bridgehead atoms. The lowest BCUT2D eigenvalue weighted by Crippen LogP contribution is -1.83. The predicted molar refractivity (Wildman–Crippen MR) is 184 cm³/mol. The van der Waals surface area contributed by atoms with Gasteiger partial charge in [-0.2, -0.15) is 0 Å². The lowest BCUT2D eigenvalue weighted by molar-refractivity contribution is 1.79. The average molecular weight is 529 g/mol. The van der Waals surface area contributed by atoms with E-state index in [4.69, 9.17) is 0 Å². The fourth-order valence-electron chi connectivity index (χ4n) is 7.21. The molecule has 0 aromatic heterocycles. The Kier molecular flexibility index (Phi) is 4.27. The number of rotatable bonds is 0. The number of hydrogen-bond acceptors (Lipinski definition) is 0. The zero-order valence-electron chi connectivity index (χ0n) is 22.9. The van der Waals surface area contributed by atoms with E-state index >= 15 is 0 Å². The smallest absolute Gasteiger partial charge is 0.00990 e. The van der Waals surface area contributed by atoms with Crippen LogP contribution in [0.3, 0.4) is 0 Å². The zero-order chi connectivity index (χ0) is 27.4. The first kappa shape index (κ1) is 22.3. The molecule has 0 heteroatoms. The lowest BCUT2D eigenvalue weighted by atomic mass is 9.93. The van der Waals surface area contributed by atoms with Gasteiger partial charge in [0.1, 0.15) is 0 Å². The minimum atomic E-state index is 1.28. The minimum Gasteiger partial charge on any atom is -0.0616 e. The highest BCUT2D eigenvalue weighted by molar-refractivity contribution is 6.16. The molecule has 0 N–H and O–H groups in total. The van der Waals surface area contributed by atoms with Crippen molar-refractivity contribution in [1.82, 2.24) is 0 Å². The van der Waals surface area contributed by atoms with E-state index in [0.29, 0.717) is 0 Å². The molecule has 0 aliphatic heterocycles. The van der Waals surface area contributed by atoms with Gasteiger partial charge < -0.3 is 0 Å². The molecule has 0 nitrogen and oxygen atoms in total. The fraction of sp³-hybridized carbons (Fsp3) is 0. The lowest BCUT2D eigenvalue weighted by Gasteiger charge is -2.10. The Morgan fingerprint density at radius 1 is 0.167 bits per heavy atom. The van der Waals surface area contributed by atoms with Crippen LogP contribution >= 0.6 is 0 Å². The van der Waals surface area contributed by atoms with Gasteiger partial charge in [0.05, 0.1) is 0 Å². The predicted octanol–water partition coefficient (Wildman–Crippen LogP) is 12.1. The van der Waals surface area contributed by atoms with Gasteiger partial charge in [-0.3, -0.25) is 0 Å². The van der Waals surface area contributed by atoms with Crippen molar-refractivity contribution in [1.29, 1.82) is 0 Å². The molecular weight excluding hydrogens is 504 g/mol. The molecule has 0 saturated carbocycles. The highest BCUT2D eigenvalue weighted by atomic mass is 14.1. The van der Waals surface area contributed by atoms with Crippen molar-refractivity contribution >= 4 is 97.0 Å². The highest BCUT2D eigenvalue weighted by Gasteiger charge is 2.08. The highest BCUT2D eigenvalue weighted by Crippen LogP contribution is 2.36. The Hall–Kier alpha value is -5.46. The Labute approximate surface area is 242 Å². The maximum atomic E-state index is 2.37. The summed E-state index contributed by atoms with van der Waals surface area (Å²) in [6.07, 6.45) is 0. The Balaban J connectivity index is 1.19. The summed E-state index contributed by atoms with van der Waals surface area (Å²) in [5, 5.41) is 23.2. The first-order chi connectivity index (χ1) is 20.7. The van der Waals surface area contributed by atoms with E-state index in [-0.39, 0.29) is 0 Å². The maximum Gasteiger partial charge on any atom is -0.00990 e. The second-order valence-electron chi connectivity index (χ2n) is 11.9. The van der Waals surface area contributed by atoms with Gasteiger partial charge >= 0.3 is 0 Å². The van der Waals surface area contributed by atoms with Crippen LogP contribution in [0.25, 0.3) is 97.0 Å². The summed E-state index contributed by atoms with van der Waals surface area (Å²) in [5.41, 5.74) is 0. The van der Waals surface area contributed by atoms with Crippen molar-refractivity contribution < 1.29 is 0 Å². The zero-order valence-corrected chi connectivity index (χ0v) is 22.9. The number of benzene rings is 10. The van der Waals surface area contributed by atoms with Gasteiger partial charge in [-0.25, -0.2) is 0 Å². The van der Waals surface area contributed by atoms with Crippen LogP contribution in [0.2, 0.25) is 0 Å². The molecule has 0 aliphatic carbocycles. The third kappa shape index (κ3) is 3.24. The van der Waals surface area contributed by atoms with E-state index in [1.165, 1.54) is 97.0 Å². The molecule has 0 heterocycles. The summed E-state index contributed by atoms with van der Waals surface area (Å²) >= 11 is 0. The first-order valence-corrected chi connectivity index (χ1v) is 14.6. The van der Waals surface area contributed by atoms with E-state index in [0.717, 1.165) is 0 Å². The van der Waals surface area contributed by atoms with Crippen molar-refractivity contribution in [3.63, 3.8) is 0 Å². The molecule has 0 radical (unpaired) electrons. The van der Waals surface area contributed by atoms with Crippen LogP contribution in [0.4, 0.5) is 0 Å². The van der Waals surface area contributed by atoms with Gasteiger partial charge in [-0.05, 0) is 182 Å². The van der Waals surface area contributed by atoms with Crippen LogP contribution in [-0.4, -0.2) is 0 Å². The Morgan fingerprint density at radius 3 is 0.881 bits per heavy atom. The van der Waals surface area contributed by atoms with Gasteiger partial charge in [0, 0.05) is 0 Å². The van der Waals surface area contributed by atoms with Crippen molar-refractivity contribution in [2.24, 2.45) is 0 Å². The number of hydrogen-bond donors (Lipinski definition) is 0. The van der Waals surface area contributed by atoms with E-state index in [1.807, 2.05) is 0 Å². The Morgan fingerprint density at radius 2 is 0.452 bits per heavy atom. The molecule has 0 fully saturated rings. The van der Waals surface area contributed by atoms with Crippen molar-refractivity contribution in [3.05, 3.63) is 146 Å². The minimum absolute atomic E-state index is 1.28. The Bertz CT molecular complexity index is 2740. The summed E-state index contributed by atoms with van der Waals surface area (Å²) in [7, 11) is 0. The second kappa shape index (κ2) is 8.06. The van der Waals surface area contributed by atoms with Crippen LogP contribution in [0.1, 0.15) is 0 Å². The van der Waals surface area contributed by atoms with E-state index < -0.39 is 0 Å². The standard InChI is InChI=1S/C42H24/c1-2-7-27-12-30-15-33-18-36-21-38-22-39-23-40-24-42-28(10-9-25-5-3-4-8-41(25)42)13-31(40)16-34(39)19-37(38)20-35(36)17-32(33)14-29(30)11-26(27)6-1/h1-24H. The topological polar surface area (TPSA) is 0 Å². The summed E-state index contributed by atoms with van der Waals surface area (Å²) < 4.78 is 0. The molecular formula is C42H24. The summed E-state index contributed by atoms with van der Waals surface area (Å²) in [6, 6.07) is 54.8. The third-order valence-electron chi connectivity index (χ3n) is 9.34. The van der Waals surface area contributed by atoms with E-state index in [2.05, 4.69) is 146 Å². The van der Waals surface area contributed by atoms with Crippen molar-refractivity contribution in [2.45, 2.75) is 0 Å². The molecule has 192 valence electrons. The molecule has 42 heavy (non-hydrogen) atoms. The van der Waals surface area contributed by atoms with Crippen LogP contribution in [0, 0.1) is 0 Å². The van der Waals surface area contributed by atoms with Crippen LogP contribution in [-0.2, 0) is 0 Å². The SMILES string of the molecule is c1ccc2cc3cc4cc5cc6cc7cc8cc9c(ccc%10ccccc%109)cc8cc7cc6cc5cc4cc3cc2c1. The molecule has 0 spiro atoms. The molecule has 10 aromatic rings. The van der Waals surface area contributed by atoms with Crippen LogP contribution in [0.15, 0.2) is 146 Å². The van der Waals surface area contributed by atoms with Gasteiger partial charge in [0.15, 0.2) is 0 Å². The molecule has 0 saturated heterocycles. The van der Waals surface area contributed by atoms with E-state index in [1.54, 1.807) is 0 Å². The molecule has 0 amide bonds.